The zero-order valence-corrected chi connectivity index (χ0v) is 20.4. The lowest BCUT2D eigenvalue weighted by atomic mass is 10.2. The molecule has 0 amide bonds. The Balaban J connectivity index is 1.77. The van der Waals surface area contributed by atoms with Crippen LogP contribution in [-0.2, 0) is 27.5 Å². The summed E-state index contributed by atoms with van der Waals surface area (Å²) in [5.41, 5.74) is -0.504. The van der Waals surface area contributed by atoms with Gasteiger partial charge in [-0.2, -0.15) is 18.2 Å². The van der Waals surface area contributed by atoms with E-state index < -0.39 is 45.1 Å². The third-order valence-corrected chi connectivity index (χ3v) is 7.05. The summed E-state index contributed by atoms with van der Waals surface area (Å²) in [5, 5.41) is 3.22. The van der Waals surface area contributed by atoms with Crippen molar-refractivity contribution in [2.75, 3.05) is 11.4 Å². The van der Waals surface area contributed by atoms with Gasteiger partial charge in [-0.1, -0.05) is 35.0 Å². The molecule has 2 aromatic heterocycles. The molecule has 4 aromatic rings. The maximum absolute atomic E-state index is 13.6. The highest BCUT2D eigenvalue weighted by Crippen LogP contribution is 2.36. The summed E-state index contributed by atoms with van der Waals surface area (Å²) in [4.78, 5) is 19.3. The number of hydrogen-bond donors (Lipinski definition) is 0. The monoisotopic (exact) mass is 552 g/mol. The summed E-state index contributed by atoms with van der Waals surface area (Å²) in [5.74, 6) is -1.18. The number of ether oxygens (including phenoxy) is 1. The minimum Gasteiger partial charge on any atom is -0.465 e. The molecule has 0 aliphatic carbocycles. The van der Waals surface area contributed by atoms with Crippen molar-refractivity contribution in [3.8, 4) is 11.5 Å². The molecular weight excluding hydrogens is 537 g/mol. The van der Waals surface area contributed by atoms with Gasteiger partial charge < -0.3 is 9.26 Å². The molecule has 2 aromatic carbocycles. The van der Waals surface area contributed by atoms with E-state index in [1.165, 1.54) is 19.2 Å². The first-order valence-corrected chi connectivity index (χ1v) is 12.1. The highest BCUT2D eigenvalue weighted by atomic mass is 35.5. The molecule has 0 bridgehead atoms. The second kappa shape index (κ2) is 10.2. The van der Waals surface area contributed by atoms with E-state index in [1.54, 1.807) is 30.3 Å². The minimum atomic E-state index is -4.75. The van der Waals surface area contributed by atoms with Crippen LogP contribution >= 0.6 is 11.6 Å². The fourth-order valence-electron chi connectivity index (χ4n) is 3.20. The fourth-order valence-corrected chi connectivity index (χ4v) is 4.91. The summed E-state index contributed by atoms with van der Waals surface area (Å²) in [6, 6.07) is 13.9. The van der Waals surface area contributed by atoms with Crippen molar-refractivity contribution in [2.24, 2.45) is 0 Å². The molecule has 0 radical (unpaired) electrons. The van der Waals surface area contributed by atoms with E-state index in [2.05, 4.69) is 19.9 Å². The van der Waals surface area contributed by atoms with Crippen LogP contribution in [0.2, 0.25) is 5.02 Å². The Morgan fingerprint density at radius 2 is 1.78 bits per heavy atom. The molecule has 4 rings (SSSR count). The molecule has 0 saturated heterocycles. The Bertz CT molecular complexity index is 1530. The first kappa shape index (κ1) is 26.1. The number of halogens is 4. The average Bonchev–Trinajstić information content (AvgIpc) is 3.36. The minimum absolute atomic E-state index is 0.0874. The Kier molecular flexibility index (Phi) is 7.18. The predicted octanol–water partition coefficient (Wildman–Crippen LogP) is 4.99. The van der Waals surface area contributed by atoms with Crippen LogP contribution in [0.15, 0.2) is 76.3 Å². The van der Waals surface area contributed by atoms with Crippen molar-refractivity contribution in [1.82, 2.24) is 15.1 Å². The molecule has 192 valence electrons. The maximum Gasteiger partial charge on any atom is 0.417 e. The second-order valence-corrected chi connectivity index (χ2v) is 9.71. The lowest BCUT2D eigenvalue weighted by Gasteiger charge is -2.23. The average molecular weight is 553 g/mol. The summed E-state index contributed by atoms with van der Waals surface area (Å²) < 4.78 is 77.1. The van der Waals surface area contributed by atoms with Crippen molar-refractivity contribution in [2.45, 2.75) is 17.6 Å². The zero-order valence-electron chi connectivity index (χ0n) is 18.8. The third kappa shape index (κ3) is 5.57. The van der Waals surface area contributed by atoms with Gasteiger partial charge >= 0.3 is 12.1 Å². The number of nitrogens with zero attached hydrogens (tertiary/aromatic N) is 4. The fraction of sp³-hybridized carbons (Fsp3) is 0.130. The van der Waals surface area contributed by atoms with Crippen molar-refractivity contribution in [1.29, 1.82) is 0 Å². The van der Waals surface area contributed by atoms with E-state index in [1.807, 2.05) is 0 Å². The predicted molar refractivity (Wildman–Crippen MR) is 125 cm³/mol. The topological polar surface area (TPSA) is 115 Å². The van der Waals surface area contributed by atoms with Gasteiger partial charge in [0.2, 0.25) is 0 Å². The third-order valence-electron chi connectivity index (χ3n) is 5.02. The summed E-state index contributed by atoms with van der Waals surface area (Å²) in [7, 11) is -3.33. The molecular formula is C23H16ClF3N4O5S. The first-order chi connectivity index (χ1) is 17.5. The van der Waals surface area contributed by atoms with Crippen LogP contribution in [0.25, 0.3) is 11.5 Å². The molecule has 9 nitrogen and oxygen atoms in total. The molecule has 0 saturated carbocycles. The summed E-state index contributed by atoms with van der Waals surface area (Å²) in [6.07, 6.45) is -4.28. The lowest BCUT2D eigenvalue weighted by molar-refractivity contribution is -0.137. The van der Waals surface area contributed by atoms with Crippen molar-refractivity contribution >= 4 is 33.4 Å². The molecule has 0 aliphatic heterocycles. The molecule has 0 spiro atoms. The number of carbonyl (C=O) groups is 1. The van der Waals surface area contributed by atoms with Gasteiger partial charge in [-0.05, 0) is 42.5 Å². The van der Waals surface area contributed by atoms with Crippen molar-refractivity contribution in [3.63, 3.8) is 0 Å². The van der Waals surface area contributed by atoms with Crippen LogP contribution in [0.4, 0.5) is 19.0 Å². The Morgan fingerprint density at radius 1 is 1.11 bits per heavy atom. The Labute approximate surface area is 213 Å². The number of alkyl halides is 3. The molecule has 0 fully saturated rings. The number of benzene rings is 2. The van der Waals surface area contributed by atoms with Crippen LogP contribution in [0.1, 0.15) is 21.7 Å². The number of rotatable bonds is 7. The molecule has 14 heteroatoms. The number of esters is 1. The first-order valence-electron chi connectivity index (χ1n) is 10.3. The smallest absolute Gasteiger partial charge is 0.417 e. The van der Waals surface area contributed by atoms with Crippen LogP contribution in [-0.4, -0.2) is 36.6 Å². The number of aromatic nitrogens is 3. The number of carbonyl (C=O) groups excluding carboxylic acids is 1. The van der Waals surface area contributed by atoms with Gasteiger partial charge in [0.05, 0.1) is 34.7 Å². The highest BCUT2D eigenvalue weighted by molar-refractivity contribution is 7.92. The van der Waals surface area contributed by atoms with Gasteiger partial charge in [0.15, 0.2) is 11.6 Å². The van der Waals surface area contributed by atoms with Gasteiger partial charge in [0, 0.05) is 11.8 Å². The number of pyridine rings is 1. The highest BCUT2D eigenvalue weighted by Gasteiger charge is 2.34. The standard InChI is InChI=1S/C23H16ClF3N4O5S/c1-35-22(32)15-7-9-17(10-8-15)37(33,34)31(20-18(24)11-16(12-28-20)23(25,26)27)13-19-29-21(36-30-19)14-5-3-2-4-6-14/h2-12H,13H2,1H3. The Morgan fingerprint density at radius 3 is 2.38 bits per heavy atom. The number of sulfonamides is 1. The van der Waals surface area contributed by atoms with E-state index >= 15 is 0 Å². The molecule has 2 heterocycles. The lowest BCUT2D eigenvalue weighted by Crippen LogP contribution is -2.32. The van der Waals surface area contributed by atoms with Gasteiger partial charge in [-0.3, -0.25) is 0 Å². The molecule has 0 unspecified atom stereocenters. The zero-order chi connectivity index (χ0) is 26.8. The maximum atomic E-state index is 13.6. The quantitative estimate of drug-likeness (QED) is 0.295. The van der Waals surface area contributed by atoms with E-state index in [0.29, 0.717) is 22.1 Å². The second-order valence-electron chi connectivity index (χ2n) is 7.44. The largest absolute Gasteiger partial charge is 0.465 e. The molecule has 0 aliphatic rings. The van der Waals surface area contributed by atoms with Gasteiger partial charge in [-0.25, -0.2) is 22.5 Å². The normalized spacial score (nSPS) is 11.8. The van der Waals surface area contributed by atoms with E-state index in [-0.39, 0.29) is 22.2 Å². The molecule has 0 N–H and O–H groups in total. The number of methoxy groups -OCH3 is 1. The van der Waals surface area contributed by atoms with Gasteiger partial charge in [0.1, 0.15) is 0 Å². The van der Waals surface area contributed by atoms with Gasteiger partial charge in [0.25, 0.3) is 15.9 Å². The summed E-state index contributed by atoms with van der Waals surface area (Å²) >= 11 is 6.08. The van der Waals surface area contributed by atoms with Crippen LogP contribution in [0, 0.1) is 0 Å². The van der Waals surface area contributed by atoms with Crippen LogP contribution < -0.4 is 4.31 Å². The van der Waals surface area contributed by atoms with E-state index in [0.717, 1.165) is 12.1 Å². The van der Waals surface area contributed by atoms with Gasteiger partial charge in [-0.15, -0.1) is 0 Å². The van der Waals surface area contributed by atoms with Crippen LogP contribution in [0.3, 0.4) is 0 Å². The van der Waals surface area contributed by atoms with Crippen LogP contribution in [0.5, 0.6) is 0 Å². The Hall–Kier alpha value is -3.97. The number of hydrogen-bond acceptors (Lipinski definition) is 8. The number of anilines is 1. The molecule has 37 heavy (non-hydrogen) atoms. The van der Waals surface area contributed by atoms with E-state index in [9.17, 15) is 26.4 Å². The van der Waals surface area contributed by atoms with E-state index in [4.69, 9.17) is 16.1 Å². The van der Waals surface area contributed by atoms with Crippen molar-refractivity contribution in [3.05, 3.63) is 88.8 Å². The SMILES string of the molecule is COC(=O)c1ccc(S(=O)(=O)N(Cc2noc(-c3ccccc3)n2)c2ncc(C(F)(F)F)cc2Cl)cc1. The summed E-state index contributed by atoms with van der Waals surface area (Å²) in [6.45, 7) is -0.574. The molecule has 0 atom stereocenters. The van der Waals surface area contributed by atoms with Crippen molar-refractivity contribution < 1.29 is 35.6 Å².